The summed E-state index contributed by atoms with van der Waals surface area (Å²) in [5, 5.41) is 10.8. The number of carboxylic acid groups (broad SMARTS) is 1. The Morgan fingerprint density at radius 2 is 1.90 bits per heavy atom. The SMILES string of the molecule is Cc1ccc(C(=O)C[NH+]2CCC(C(=O)[O-])CC2)c(C)c1. The summed E-state index contributed by atoms with van der Waals surface area (Å²) >= 11 is 0. The highest BCUT2D eigenvalue weighted by molar-refractivity contribution is 5.98. The van der Waals surface area contributed by atoms with E-state index in [1.165, 1.54) is 4.90 Å². The molecule has 0 aromatic heterocycles. The number of rotatable bonds is 4. The topological polar surface area (TPSA) is 61.6 Å². The van der Waals surface area contributed by atoms with Crippen molar-refractivity contribution in [3.05, 3.63) is 34.9 Å². The molecule has 0 unspecified atom stereocenters. The van der Waals surface area contributed by atoms with Crippen LogP contribution >= 0.6 is 0 Å². The van der Waals surface area contributed by atoms with E-state index < -0.39 is 5.97 Å². The van der Waals surface area contributed by atoms with Crippen molar-refractivity contribution in [3.63, 3.8) is 0 Å². The van der Waals surface area contributed by atoms with Crippen LogP contribution in [0, 0.1) is 19.8 Å². The first-order valence-corrected chi connectivity index (χ1v) is 7.12. The maximum atomic E-state index is 12.3. The van der Waals surface area contributed by atoms with Crippen LogP contribution < -0.4 is 10.0 Å². The van der Waals surface area contributed by atoms with E-state index in [4.69, 9.17) is 0 Å². The van der Waals surface area contributed by atoms with Crippen LogP contribution in [0.2, 0.25) is 0 Å². The minimum Gasteiger partial charge on any atom is -0.550 e. The lowest BCUT2D eigenvalue weighted by Gasteiger charge is -2.29. The molecule has 0 amide bonds. The molecule has 1 N–H and O–H groups in total. The lowest BCUT2D eigenvalue weighted by molar-refractivity contribution is -0.897. The van der Waals surface area contributed by atoms with Gasteiger partial charge in [0.1, 0.15) is 6.54 Å². The standard InChI is InChI=1S/C16H21NO3/c1-11-3-4-14(12(2)9-11)15(18)10-17-7-5-13(6-8-17)16(19)20/h3-4,9,13H,5-8,10H2,1-2H3,(H,19,20). The fraction of sp³-hybridized carbons (Fsp3) is 0.500. The highest BCUT2D eigenvalue weighted by Crippen LogP contribution is 2.11. The number of carbonyl (C=O) groups excluding carboxylic acids is 2. The number of nitrogens with one attached hydrogen (secondary N) is 1. The second-order valence-corrected chi connectivity index (χ2v) is 5.76. The molecule has 1 fully saturated rings. The van der Waals surface area contributed by atoms with Gasteiger partial charge in [-0.3, -0.25) is 4.79 Å². The van der Waals surface area contributed by atoms with E-state index in [1.54, 1.807) is 0 Å². The van der Waals surface area contributed by atoms with Crippen LogP contribution in [-0.2, 0) is 4.79 Å². The Hall–Kier alpha value is -1.68. The first-order valence-electron chi connectivity index (χ1n) is 7.12. The molecular weight excluding hydrogens is 254 g/mol. The van der Waals surface area contributed by atoms with Crippen molar-refractivity contribution in [1.82, 2.24) is 0 Å². The van der Waals surface area contributed by atoms with Gasteiger partial charge in [-0.25, -0.2) is 0 Å². The number of carboxylic acids is 1. The number of quaternary nitrogens is 1. The second-order valence-electron chi connectivity index (χ2n) is 5.76. The third kappa shape index (κ3) is 3.45. The van der Waals surface area contributed by atoms with Gasteiger partial charge in [0.15, 0.2) is 0 Å². The summed E-state index contributed by atoms with van der Waals surface area (Å²) in [6.07, 6.45) is 1.22. The maximum Gasteiger partial charge on any atom is 0.217 e. The van der Waals surface area contributed by atoms with E-state index in [1.807, 2.05) is 32.0 Å². The zero-order valence-corrected chi connectivity index (χ0v) is 12.1. The van der Waals surface area contributed by atoms with E-state index in [0.717, 1.165) is 29.8 Å². The van der Waals surface area contributed by atoms with Crippen molar-refractivity contribution in [3.8, 4) is 0 Å². The van der Waals surface area contributed by atoms with Gasteiger partial charge in [0.25, 0.3) is 0 Å². The summed E-state index contributed by atoms with van der Waals surface area (Å²) in [7, 11) is 0. The number of aryl methyl sites for hydroxylation is 2. The Bertz CT molecular complexity index is 516. The number of likely N-dealkylation sites (tertiary alicyclic amines) is 1. The fourth-order valence-corrected chi connectivity index (χ4v) is 2.89. The Kier molecular flexibility index (Phi) is 4.55. The average Bonchev–Trinajstić information content (AvgIpc) is 2.39. The lowest BCUT2D eigenvalue weighted by Crippen LogP contribution is -3.14. The molecule has 4 nitrogen and oxygen atoms in total. The summed E-state index contributed by atoms with van der Waals surface area (Å²) < 4.78 is 0. The maximum absolute atomic E-state index is 12.3. The van der Waals surface area contributed by atoms with Crippen molar-refractivity contribution >= 4 is 11.8 Å². The minimum atomic E-state index is -0.954. The van der Waals surface area contributed by atoms with Crippen molar-refractivity contribution in [2.45, 2.75) is 26.7 Å². The van der Waals surface area contributed by atoms with Gasteiger partial charge in [-0.2, -0.15) is 0 Å². The van der Waals surface area contributed by atoms with Crippen LogP contribution in [0.3, 0.4) is 0 Å². The highest BCUT2D eigenvalue weighted by Gasteiger charge is 2.25. The largest absolute Gasteiger partial charge is 0.550 e. The average molecular weight is 275 g/mol. The number of benzene rings is 1. The van der Waals surface area contributed by atoms with E-state index in [0.29, 0.717) is 19.4 Å². The van der Waals surface area contributed by atoms with Crippen LogP contribution in [0.25, 0.3) is 0 Å². The lowest BCUT2D eigenvalue weighted by atomic mass is 9.96. The minimum absolute atomic E-state index is 0.143. The molecule has 0 aliphatic carbocycles. The van der Waals surface area contributed by atoms with Crippen molar-refractivity contribution in [1.29, 1.82) is 0 Å². The molecule has 108 valence electrons. The Morgan fingerprint density at radius 3 is 2.45 bits per heavy atom. The Balaban J connectivity index is 1.94. The van der Waals surface area contributed by atoms with Crippen LogP contribution in [0.5, 0.6) is 0 Å². The predicted octanol–water partition coefficient (Wildman–Crippen LogP) is -0.469. The van der Waals surface area contributed by atoms with Gasteiger partial charge in [-0.05, 0) is 19.4 Å². The number of Topliss-reactive ketones (excluding diaryl/α,β-unsaturated/α-hetero) is 1. The van der Waals surface area contributed by atoms with Gasteiger partial charge in [-0.1, -0.05) is 23.8 Å². The van der Waals surface area contributed by atoms with E-state index in [9.17, 15) is 14.7 Å². The molecule has 0 radical (unpaired) electrons. The van der Waals surface area contributed by atoms with Gasteiger partial charge < -0.3 is 14.8 Å². The zero-order chi connectivity index (χ0) is 14.7. The molecule has 0 atom stereocenters. The summed E-state index contributed by atoms with van der Waals surface area (Å²) in [6, 6.07) is 5.86. The summed E-state index contributed by atoms with van der Waals surface area (Å²) in [5.41, 5.74) is 2.95. The van der Waals surface area contributed by atoms with Gasteiger partial charge in [0.05, 0.1) is 13.1 Å². The van der Waals surface area contributed by atoms with E-state index in [-0.39, 0.29) is 11.7 Å². The molecule has 2 rings (SSSR count). The number of hydrogen-bond acceptors (Lipinski definition) is 3. The Labute approximate surface area is 119 Å². The third-order valence-electron chi connectivity index (χ3n) is 4.12. The van der Waals surface area contributed by atoms with Crippen molar-refractivity contribution < 1.29 is 19.6 Å². The number of carbonyl (C=O) groups is 2. The molecular formula is C16H21NO3. The second kappa shape index (κ2) is 6.18. The van der Waals surface area contributed by atoms with Crippen LogP contribution in [0.15, 0.2) is 18.2 Å². The van der Waals surface area contributed by atoms with Gasteiger partial charge in [0, 0.05) is 30.3 Å². The first kappa shape index (κ1) is 14.7. The number of aliphatic carboxylic acids is 1. The normalized spacial score (nSPS) is 22.5. The molecule has 1 aliphatic rings. The van der Waals surface area contributed by atoms with Crippen LogP contribution in [0.4, 0.5) is 0 Å². The van der Waals surface area contributed by atoms with Crippen molar-refractivity contribution in [2.75, 3.05) is 19.6 Å². The zero-order valence-electron chi connectivity index (χ0n) is 12.1. The van der Waals surface area contributed by atoms with Crippen LogP contribution in [0.1, 0.15) is 34.3 Å². The molecule has 1 aromatic carbocycles. The molecule has 0 bridgehead atoms. The van der Waals surface area contributed by atoms with Crippen LogP contribution in [-0.4, -0.2) is 31.4 Å². The monoisotopic (exact) mass is 275 g/mol. The summed E-state index contributed by atoms with van der Waals surface area (Å²) in [5.74, 6) is -1.15. The van der Waals surface area contributed by atoms with E-state index in [2.05, 4.69) is 0 Å². The fourth-order valence-electron chi connectivity index (χ4n) is 2.89. The molecule has 1 aromatic rings. The first-order chi connectivity index (χ1) is 9.47. The van der Waals surface area contributed by atoms with Gasteiger partial charge in [0.2, 0.25) is 5.78 Å². The molecule has 0 spiro atoms. The molecule has 1 heterocycles. The molecule has 1 aliphatic heterocycles. The van der Waals surface area contributed by atoms with E-state index >= 15 is 0 Å². The van der Waals surface area contributed by atoms with Gasteiger partial charge >= 0.3 is 0 Å². The molecule has 0 saturated carbocycles. The van der Waals surface area contributed by atoms with Crippen molar-refractivity contribution in [2.24, 2.45) is 5.92 Å². The number of piperidine rings is 1. The predicted molar refractivity (Wildman–Crippen MR) is 73.5 cm³/mol. The summed E-state index contributed by atoms with van der Waals surface area (Å²) in [6.45, 7) is 5.88. The molecule has 1 saturated heterocycles. The highest BCUT2D eigenvalue weighted by atomic mass is 16.4. The smallest absolute Gasteiger partial charge is 0.217 e. The number of hydrogen-bond donors (Lipinski definition) is 1. The quantitative estimate of drug-likeness (QED) is 0.756. The Morgan fingerprint density at radius 1 is 1.25 bits per heavy atom. The number of ketones is 1. The third-order valence-corrected chi connectivity index (χ3v) is 4.12. The summed E-state index contributed by atoms with van der Waals surface area (Å²) in [4.78, 5) is 24.3. The molecule has 20 heavy (non-hydrogen) atoms. The van der Waals surface area contributed by atoms with Gasteiger partial charge in [-0.15, -0.1) is 0 Å². The molecule has 4 heteroatoms.